The normalized spacial score (nSPS) is 27.7. The first-order valence-electron chi connectivity index (χ1n) is 9.12. The van der Waals surface area contributed by atoms with Gasteiger partial charge >= 0.3 is 0 Å². The van der Waals surface area contributed by atoms with Gasteiger partial charge in [-0.1, -0.05) is 6.07 Å². The van der Waals surface area contributed by atoms with E-state index in [9.17, 15) is 18.0 Å². The highest BCUT2D eigenvalue weighted by Gasteiger charge is 2.44. The molecule has 4 rings (SSSR count). The van der Waals surface area contributed by atoms with Gasteiger partial charge in [0.05, 0.1) is 17.4 Å². The average Bonchev–Trinajstić information content (AvgIpc) is 3.29. The molecule has 8 heteroatoms. The number of likely N-dealkylation sites (tertiary alicyclic amines) is 1. The minimum atomic E-state index is -3.05. The number of hydrogen-bond donors (Lipinski definition) is 0. The lowest BCUT2D eigenvalue weighted by atomic mass is 10.1. The fourth-order valence-corrected chi connectivity index (χ4v) is 5.70. The lowest BCUT2D eigenvalue weighted by Crippen LogP contribution is -2.41. The molecule has 3 heterocycles. The SMILES string of the molecule is O=C([C@H]1CC(=O)N([C@H]2CCS(=O)(=O)C2)C1)N(Cc1cccnc1)C1CC1. The van der Waals surface area contributed by atoms with Gasteiger partial charge in [0.15, 0.2) is 9.84 Å². The van der Waals surface area contributed by atoms with Crippen LogP contribution in [0, 0.1) is 5.92 Å². The summed E-state index contributed by atoms with van der Waals surface area (Å²) in [5, 5.41) is 0. The molecular weight excluding hydrogens is 354 g/mol. The molecule has 1 aromatic rings. The Bertz CT molecular complexity index is 807. The van der Waals surface area contributed by atoms with Crippen LogP contribution in [0.5, 0.6) is 0 Å². The molecular formula is C18H23N3O4S. The Hall–Kier alpha value is -1.96. The maximum atomic E-state index is 13.1. The predicted molar refractivity (Wildman–Crippen MR) is 94.7 cm³/mol. The van der Waals surface area contributed by atoms with Crippen LogP contribution in [0.1, 0.15) is 31.2 Å². The Morgan fingerprint density at radius 2 is 2.12 bits per heavy atom. The Morgan fingerprint density at radius 1 is 1.31 bits per heavy atom. The molecule has 0 spiro atoms. The highest BCUT2D eigenvalue weighted by atomic mass is 32.2. The third-order valence-electron chi connectivity index (χ3n) is 5.50. The van der Waals surface area contributed by atoms with Gasteiger partial charge in [0.25, 0.3) is 0 Å². The number of nitrogens with zero attached hydrogens (tertiary/aromatic N) is 3. The summed E-state index contributed by atoms with van der Waals surface area (Å²) in [4.78, 5) is 33.1. The van der Waals surface area contributed by atoms with E-state index in [0.29, 0.717) is 19.5 Å². The fraction of sp³-hybridized carbons (Fsp3) is 0.611. The lowest BCUT2D eigenvalue weighted by Gasteiger charge is -2.27. The third kappa shape index (κ3) is 3.60. The first kappa shape index (κ1) is 17.5. The molecule has 2 aliphatic heterocycles. The van der Waals surface area contributed by atoms with Crippen molar-refractivity contribution in [1.29, 1.82) is 0 Å². The maximum absolute atomic E-state index is 13.1. The van der Waals surface area contributed by atoms with E-state index in [2.05, 4.69) is 4.98 Å². The number of sulfone groups is 1. The Morgan fingerprint density at radius 3 is 2.73 bits per heavy atom. The zero-order chi connectivity index (χ0) is 18.3. The Labute approximate surface area is 153 Å². The van der Waals surface area contributed by atoms with Crippen LogP contribution >= 0.6 is 0 Å². The van der Waals surface area contributed by atoms with Crippen LogP contribution in [0.15, 0.2) is 24.5 Å². The predicted octanol–water partition coefficient (Wildman–Crippen LogP) is 0.608. The van der Waals surface area contributed by atoms with E-state index in [1.54, 1.807) is 17.3 Å². The zero-order valence-corrected chi connectivity index (χ0v) is 15.4. The number of amides is 2. The number of hydrogen-bond acceptors (Lipinski definition) is 5. The second-order valence-corrected chi connectivity index (χ2v) is 9.79. The van der Waals surface area contributed by atoms with E-state index < -0.39 is 9.84 Å². The van der Waals surface area contributed by atoms with Crippen molar-refractivity contribution in [1.82, 2.24) is 14.8 Å². The van der Waals surface area contributed by atoms with Crippen LogP contribution in [0.2, 0.25) is 0 Å². The highest BCUT2D eigenvalue weighted by Crippen LogP contribution is 2.33. The second kappa shape index (κ2) is 6.64. The van der Waals surface area contributed by atoms with Crippen LogP contribution in [0.4, 0.5) is 0 Å². The molecule has 0 radical (unpaired) electrons. The highest BCUT2D eigenvalue weighted by molar-refractivity contribution is 7.91. The van der Waals surface area contributed by atoms with Gasteiger partial charge in [-0.05, 0) is 30.9 Å². The number of carbonyl (C=O) groups excluding carboxylic acids is 2. The quantitative estimate of drug-likeness (QED) is 0.750. The molecule has 2 amide bonds. The van der Waals surface area contributed by atoms with Crippen molar-refractivity contribution < 1.29 is 18.0 Å². The topological polar surface area (TPSA) is 87.7 Å². The molecule has 3 aliphatic rings. The van der Waals surface area contributed by atoms with E-state index in [-0.39, 0.29) is 47.7 Å². The van der Waals surface area contributed by atoms with E-state index >= 15 is 0 Å². The Kier molecular flexibility index (Phi) is 4.46. The summed E-state index contributed by atoms with van der Waals surface area (Å²) in [5.41, 5.74) is 0.982. The molecule has 7 nitrogen and oxygen atoms in total. The van der Waals surface area contributed by atoms with Crippen molar-refractivity contribution in [3.05, 3.63) is 30.1 Å². The molecule has 0 bridgehead atoms. The monoisotopic (exact) mass is 377 g/mol. The lowest BCUT2D eigenvalue weighted by molar-refractivity contribution is -0.137. The van der Waals surface area contributed by atoms with Crippen LogP contribution in [-0.4, -0.2) is 65.2 Å². The van der Waals surface area contributed by atoms with Gasteiger partial charge in [-0.3, -0.25) is 14.6 Å². The summed E-state index contributed by atoms with van der Waals surface area (Å²) in [7, 11) is -3.05. The van der Waals surface area contributed by atoms with E-state index in [0.717, 1.165) is 18.4 Å². The minimum absolute atomic E-state index is 0.00746. The summed E-state index contributed by atoms with van der Waals surface area (Å²) < 4.78 is 23.4. The molecule has 140 valence electrons. The van der Waals surface area contributed by atoms with Crippen molar-refractivity contribution in [2.75, 3.05) is 18.1 Å². The number of carbonyl (C=O) groups is 2. The summed E-state index contributed by atoms with van der Waals surface area (Å²) in [6, 6.07) is 3.79. The molecule has 1 aliphatic carbocycles. The summed E-state index contributed by atoms with van der Waals surface area (Å²) in [6.07, 6.45) is 6.13. The summed E-state index contributed by atoms with van der Waals surface area (Å²) >= 11 is 0. The smallest absolute Gasteiger partial charge is 0.228 e. The average molecular weight is 377 g/mol. The molecule has 0 N–H and O–H groups in total. The molecule has 0 unspecified atom stereocenters. The molecule has 3 fully saturated rings. The van der Waals surface area contributed by atoms with E-state index in [4.69, 9.17) is 0 Å². The summed E-state index contributed by atoms with van der Waals surface area (Å²) in [5.74, 6) is -0.296. The largest absolute Gasteiger partial charge is 0.338 e. The van der Waals surface area contributed by atoms with Gasteiger partial charge in [0.2, 0.25) is 11.8 Å². The zero-order valence-electron chi connectivity index (χ0n) is 14.6. The van der Waals surface area contributed by atoms with Crippen LogP contribution in [-0.2, 0) is 26.0 Å². The number of pyridine rings is 1. The Balaban J connectivity index is 1.44. The third-order valence-corrected chi connectivity index (χ3v) is 7.25. The van der Waals surface area contributed by atoms with Crippen molar-refractivity contribution in [2.24, 2.45) is 5.92 Å². The van der Waals surface area contributed by atoms with Gasteiger partial charge in [0, 0.05) is 44.0 Å². The molecule has 1 aromatic heterocycles. The number of rotatable bonds is 5. The van der Waals surface area contributed by atoms with E-state index in [1.807, 2.05) is 17.0 Å². The van der Waals surface area contributed by atoms with Crippen molar-refractivity contribution in [3.63, 3.8) is 0 Å². The maximum Gasteiger partial charge on any atom is 0.228 e. The summed E-state index contributed by atoms with van der Waals surface area (Å²) in [6.45, 7) is 0.855. The van der Waals surface area contributed by atoms with Crippen LogP contribution < -0.4 is 0 Å². The van der Waals surface area contributed by atoms with Crippen LogP contribution in [0.3, 0.4) is 0 Å². The molecule has 26 heavy (non-hydrogen) atoms. The van der Waals surface area contributed by atoms with Crippen molar-refractivity contribution in [2.45, 2.75) is 44.3 Å². The van der Waals surface area contributed by atoms with E-state index in [1.165, 1.54) is 0 Å². The van der Waals surface area contributed by atoms with Gasteiger partial charge in [-0.15, -0.1) is 0 Å². The van der Waals surface area contributed by atoms with Crippen molar-refractivity contribution in [3.8, 4) is 0 Å². The van der Waals surface area contributed by atoms with Crippen LogP contribution in [0.25, 0.3) is 0 Å². The van der Waals surface area contributed by atoms with Gasteiger partial charge < -0.3 is 9.80 Å². The fourth-order valence-electron chi connectivity index (χ4n) is 3.97. The molecule has 1 saturated carbocycles. The first-order valence-corrected chi connectivity index (χ1v) is 10.9. The molecule has 0 aromatic carbocycles. The minimum Gasteiger partial charge on any atom is -0.338 e. The molecule has 2 atom stereocenters. The standard InChI is InChI=1S/C18H23N3O4S/c22-17-8-14(11-20(17)16-5-7-26(24,25)12-16)18(23)21(15-3-4-15)10-13-2-1-6-19-9-13/h1-2,6,9,14-16H,3-5,7-8,10-12H2/t14-,16-/m0/s1. The van der Waals surface area contributed by atoms with Crippen molar-refractivity contribution >= 4 is 21.7 Å². The van der Waals surface area contributed by atoms with Gasteiger partial charge in [0.1, 0.15) is 0 Å². The first-order chi connectivity index (χ1) is 12.4. The molecule has 2 saturated heterocycles. The second-order valence-electron chi connectivity index (χ2n) is 7.56. The van der Waals surface area contributed by atoms with Gasteiger partial charge in [-0.2, -0.15) is 0 Å². The number of aromatic nitrogens is 1. The van der Waals surface area contributed by atoms with Gasteiger partial charge in [-0.25, -0.2) is 8.42 Å².